The molecule has 1 fully saturated rings. The Morgan fingerprint density at radius 2 is 2.00 bits per heavy atom. The van der Waals surface area contributed by atoms with Crippen molar-refractivity contribution in [2.24, 2.45) is 16.8 Å². The first kappa shape index (κ1) is 15.5. The van der Waals surface area contributed by atoms with E-state index in [-0.39, 0.29) is 5.84 Å². The third-order valence-electron chi connectivity index (χ3n) is 3.49. The molecule has 2 rings (SSSR count). The lowest BCUT2D eigenvalue weighted by Crippen LogP contribution is -2.48. The maximum Gasteiger partial charge on any atom is 0.226 e. The van der Waals surface area contributed by atoms with Crippen molar-refractivity contribution >= 4 is 11.8 Å². The van der Waals surface area contributed by atoms with Crippen molar-refractivity contribution < 1.29 is 5.21 Å². The Morgan fingerprint density at radius 3 is 2.57 bits per heavy atom. The van der Waals surface area contributed by atoms with E-state index in [1.807, 2.05) is 6.92 Å². The fraction of sp³-hybridized carbons (Fsp3) is 0.643. The van der Waals surface area contributed by atoms with E-state index in [0.29, 0.717) is 17.6 Å². The highest BCUT2D eigenvalue weighted by atomic mass is 16.4. The van der Waals surface area contributed by atoms with Gasteiger partial charge in [0.2, 0.25) is 5.95 Å². The zero-order chi connectivity index (χ0) is 15.4. The Labute approximate surface area is 125 Å². The van der Waals surface area contributed by atoms with E-state index in [1.54, 1.807) is 6.07 Å². The van der Waals surface area contributed by atoms with Crippen molar-refractivity contribution in [3.63, 3.8) is 0 Å². The Bertz CT molecular complexity index is 508. The Morgan fingerprint density at radius 1 is 1.33 bits per heavy atom. The predicted molar refractivity (Wildman–Crippen MR) is 82.8 cm³/mol. The molecule has 7 heteroatoms. The van der Waals surface area contributed by atoms with Crippen molar-refractivity contribution in [3.8, 4) is 0 Å². The van der Waals surface area contributed by atoms with Crippen LogP contribution in [0.3, 0.4) is 0 Å². The molecular formula is C14H24N6O. The zero-order valence-electron chi connectivity index (χ0n) is 13.0. The molecule has 0 saturated carbocycles. The van der Waals surface area contributed by atoms with Gasteiger partial charge in [-0.25, -0.2) is 9.97 Å². The molecule has 0 radical (unpaired) electrons. The molecule has 0 atom stereocenters. The summed E-state index contributed by atoms with van der Waals surface area (Å²) in [5, 5.41) is 11.8. The molecule has 116 valence electrons. The monoisotopic (exact) mass is 292 g/mol. The van der Waals surface area contributed by atoms with E-state index < -0.39 is 0 Å². The van der Waals surface area contributed by atoms with Gasteiger partial charge in [-0.3, -0.25) is 4.90 Å². The summed E-state index contributed by atoms with van der Waals surface area (Å²) in [6.45, 7) is 11.3. The summed E-state index contributed by atoms with van der Waals surface area (Å²) in [5.41, 5.74) is 6.90. The number of hydrogen-bond acceptors (Lipinski definition) is 6. The van der Waals surface area contributed by atoms with Crippen molar-refractivity contribution in [1.82, 2.24) is 14.9 Å². The standard InChI is InChI=1S/C14H24N6O/c1-10(2)9-19-4-6-20(7-5-19)14-16-11(3)8-12(17-14)13(15)18-21/h8,10,21H,4-7,9H2,1-3H3,(H2,15,18). The van der Waals surface area contributed by atoms with Gasteiger partial charge >= 0.3 is 0 Å². The van der Waals surface area contributed by atoms with Crippen LogP contribution in [0.2, 0.25) is 0 Å². The Balaban J connectivity index is 2.08. The van der Waals surface area contributed by atoms with Gasteiger partial charge in [-0.2, -0.15) is 0 Å². The minimum absolute atomic E-state index is 0.0141. The summed E-state index contributed by atoms with van der Waals surface area (Å²) < 4.78 is 0. The van der Waals surface area contributed by atoms with Crippen LogP contribution in [0, 0.1) is 12.8 Å². The normalized spacial score (nSPS) is 17.5. The van der Waals surface area contributed by atoms with Gasteiger partial charge in [0, 0.05) is 38.4 Å². The highest BCUT2D eigenvalue weighted by Gasteiger charge is 2.20. The van der Waals surface area contributed by atoms with Gasteiger partial charge in [-0.1, -0.05) is 19.0 Å². The van der Waals surface area contributed by atoms with Crippen molar-refractivity contribution in [2.45, 2.75) is 20.8 Å². The van der Waals surface area contributed by atoms with Crippen LogP contribution >= 0.6 is 0 Å². The maximum absolute atomic E-state index is 8.78. The number of rotatable bonds is 4. The van der Waals surface area contributed by atoms with Gasteiger partial charge in [0.05, 0.1) is 0 Å². The molecule has 0 unspecified atom stereocenters. The summed E-state index contributed by atoms with van der Waals surface area (Å²) in [6.07, 6.45) is 0. The van der Waals surface area contributed by atoms with Crippen LogP contribution in [0.4, 0.5) is 5.95 Å². The topological polar surface area (TPSA) is 90.9 Å². The number of aromatic nitrogens is 2. The fourth-order valence-electron chi connectivity index (χ4n) is 2.52. The Hall–Kier alpha value is -1.89. The lowest BCUT2D eigenvalue weighted by atomic mass is 10.2. The number of nitrogens with zero attached hydrogens (tertiary/aromatic N) is 5. The average molecular weight is 292 g/mol. The fourth-order valence-corrected chi connectivity index (χ4v) is 2.52. The number of anilines is 1. The molecule has 3 N–H and O–H groups in total. The first-order valence-corrected chi connectivity index (χ1v) is 7.30. The first-order valence-electron chi connectivity index (χ1n) is 7.30. The van der Waals surface area contributed by atoms with Gasteiger partial charge < -0.3 is 15.8 Å². The molecule has 7 nitrogen and oxygen atoms in total. The molecule has 2 heterocycles. The van der Waals surface area contributed by atoms with Crippen LogP contribution in [0.1, 0.15) is 25.2 Å². The second kappa shape index (κ2) is 6.71. The van der Waals surface area contributed by atoms with Crippen LogP contribution in [0.15, 0.2) is 11.2 Å². The largest absolute Gasteiger partial charge is 0.409 e. The van der Waals surface area contributed by atoms with E-state index >= 15 is 0 Å². The number of aryl methyl sites for hydroxylation is 1. The van der Waals surface area contributed by atoms with E-state index in [1.165, 1.54) is 0 Å². The van der Waals surface area contributed by atoms with Crippen LogP contribution < -0.4 is 10.6 Å². The van der Waals surface area contributed by atoms with Gasteiger partial charge in [-0.05, 0) is 18.9 Å². The summed E-state index contributed by atoms with van der Waals surface area (Å²) in [7, 11) is 0. The van der Waals surface area contributed by atoms with Gasteiger partial charge in [-0.15, -0.1) is 0 Å². The highest BCUT2D eigenvalue weighted by molar-refractivity contribution is 5.95. The summed E-state index contributed by atoms with van der Waals surface area (Å²) >= 11 is 0. The van der Waals surface area contributed by atoms with Gasteiger partial charge in [0.15, 0.2) is 5.84 Å². The first-order chi connectivity index (χ1) is 9.99. The van der Waals surface area contributed by atoms with Crippen molar-refractivity contribution in [3.05, 3.63) is 17.5 Å². The van der Waals surface area contributed by atoms with Crippen LogP contribution in [0.25, 0.3) is 0 Å². The molecular weight excluding hydrogens is 268 g/mol. The molecule has 0 aliphatic carbocycles. The molecule has 1 aromatic rings. The molecule has 21 heavy (non-hydrogen) atoms. The number of nitrogens with two attached hydrogens (primary N) is 1. The predicted octanol–water partition coefficient (Wildman–Crippen LogP) is 0.658. The number of amidine groups is 1. The van der Waals surface area contributed by atoms with Gasteiger partial charge in [0.1, 0.15) is 5.69 Å². The zero-order valence-corrected chi connectivity index (χ0v) is 13.0. The second-order valence-corrected chi connectivity index (χ2v) is 5.86. The van der Waals surface area contributed by atoms with Crippen molar-refractivity contribution in [2.75, 3.05) is 37.6 Å². The van der Waals surface area contributed by atoms with Gasteiger partial charge in [0.25, 0.3) is 0 Å². The van der Waals surface area contributed by atoms with Crippen LogP contribution in [-0.2, 0) is 0 Å². The molecule has 0 amide bonds. The third-order valence-corrected chi connectivity index (χ3v) is 3.49. The maximum atomic E-state index is 8.78. The quantitative estimate of drug-likeness (QED) is 0.367. The summed E-state index contributed by atoms with van der Waals surface area (Å²) in [6, 6.07) is 1.72. The van der Waals surface area contributed by atoms with Crippen molar-refractivity contribution in [1.29, 1.82) is 0 Å². The van der Waals surface area contributed by atoms with Crippen LogP contribution in [-0.4, -0.2) is 58.6 Å². The van der Waals surface area contributed by atoms with E-state index in [0.717, 1.165) is 38.4 Å². The van der Waals surface area contributed by atoms with E-state index in [2.05, 4.69) is 38.8 Å². The third kappa shape index (κ3) is 4.04. The lowest BCUT2D eigenvalue weighted by Gasteiger charge is -2.35. The molecule has 1 aliphatic rings. The minimum atomic E-state index is 0.0141. The Kier molecular flexibility index (Phi) is 4.95. The summed E-state index contributed by atoms with van der Waals surface area (Å²) in [4.78, 5) is 13.5. The summed E-state index contributed by atoms with van der Waals surface area (Å²) in [5.74, 6) is 1.35. The smallest absolute Gasteiger partial charge is 0.226 e. The van der Waals surface area contributed by atoms with E-state index in [4.69, 9.17) is 10.9 Å². The molecule has 1 saturated heterocycles. The average Bonchev–Trinajstić information content (AvgIpc) is 2.46. The number of oxime groups is 1. The molecule has 0 aromatic carbocycles. The number of hydrogen-bond donors (Lipinski definition) is 2. The van der Waals surface area contributed by atoms with E-state index in [9.17, 15) is 0 Å². The minimum Gasteiger partial charge on any atom is -0.409 e. The molecule has 1 aliphatic heterocycles. The number of piperazine rings is 1. The second-order valence-electron chi connectivity index (χ2n) is 5.86. The molecule has 0 bridgehead atoms. The SMILES string of the molecule is Cc1cc(/C(N)=N/O)nc(N2CCN(CC(C)C)CC2)n1. The highest BCUT2D eigenvalue weighted by Crippen LogP contribution is 2.14. The molecule has 1 aromatic heterocycles. The van der Waals surface area contributed by atoms with Crippen LogP contribution in [0.5, 0.6) is 0 Å². The molecule has 0 spiro atoms. The lowest BCUT2D eigenvalue weighted by molar-refractivity contribution is 0.230.